The molecular formula is C23H17FN4OS2. The van der Waals surface area contributed by atoms with E-state index in [-0.39, 0.29) is 18.0 Å². The fraction of sp³-hybridized carbons (Fsp3) is 0.130. The lowest BCUT2D eigenvalue weighted by Gasteiger charge is -2.38. The normalized spacial score (nSPS) is 19.2. The Morgan fingerprint density at radius 2 is 1.94 bits per heavy atom. The van der Waals surface area contributed by atoms with Crippen LogP contribution in [0.5, 0.6) is 5.75 Å². The number of para-hydroxylation sites is 1. The van der Waals surface area contributed by atoms with Crippen LogP contribution < -0.4 is 10.1 Å². The first kappa shape index (κ1) is 18.7. The van der Waals surface area contributed by atoms with Crippen LogP contribution in [0.3, 0.4) is 0 Å². The summed E-state index contributed by atoms with van der Waals surface area (Å²) in [5, 5.41) is 11.0. The smallest absolute Gasteiger partial charge is 0.227 e. The Hall–Kier alpha value is -3.10. The highest BCUT2D eigenvalue weighted by molar-refractivity contribution is 7.98. The number of ether oxygens (including phenoxy) is 1. The molecule has 4 aromatic rings. The van der Waals surface area contributed by atoms with Crippen LogP contribution in [0, 0.1) is 5.82 Å². The molecule has 2 aliphatic heterocycles. The molecule has 8 heteroatoms. The largest absolute Gasteiger partial charge is 0.480 e. The molecule has 0 amide bonds. The van der Waals surface area contributed by atoms with Crippen LogP contribution in [-0.2, 0) is 0 Å². The predicted octanol–water partition coefficient (Wildman–Crippen LogP) is 5.76. The van der Waals surface area contributed by atoms with Crippen LogP contribution in [-0.4, -0.2) is 21.0 Å². The average Bonchev–Trinajstić information content (AvgIpc) is 3.47. The van der Waals surface area contributed by atoms with Crippen molar-refractivity contribution < 1.29 is 9.13 Å². The van der Waals surface area contributed by atoms with Crippen LogP contribution in [0.2, 0.25) is 0 Å². The lowest BCUT2D eigenvalue weighted by atomic mass is 9.87. The molecule has 2 atom stereocenters. The molecule has 31 heavy (non-hydrogen) atoms. The summed E-state index contributed by atoms with van der Waals surface area (Å²) >= 11 is 3.18. The third-order valence-electron chi connectivity index (χ3n) is 5.53. The van der Waals surface area contributed by atoms with E-state index in [1.165, 1.54) is 23.9 Å². The first-order valence-corrected chi connectivity index (χ1v) is 11.9. The van der Waals surface area contributed by atoms with Crippen LogP contribution >= 0.6 is 23.1 Å². The highest BCUT2D eigenvalue weighted by Gasteiger charge is 2.41. The maximum Gasteiger partial charge on any atom is 0.227 e. The van der Waals surface area contributed by atoms with Crippen LogP contribution in [0.15, 0.2) is 76.8 Å². The minimum absolute atomic E-state index is 0.178. The molecule has 0 saturated carbocycles. The van der Waals surface area contributed by atoms with Crippen molar-refractivity contribution in [1.29, 1.82) is 0 Å². The first-order chi connectivity index (χ1) is 15.2. The molecule has 0 saturated heterocycles. The molecule has 154 valence electrons. The minimum Gasteiger partial charge on any atom is -0.480 e. The molecule has 2 aromatic heterocycles. The fourth-order valence-electron chi connectivity index (χ4n) is 4.18. The Morgan fingerprint density at radius 3 is 2.71 bits per heavy atom. The van der Waals surface area contributed by atoms with Crippen LogP contribution in [0.25, 0.3) is 5.70 Å². The average molecular weight is 449 g/mol. The van der Waals surface area contributed by atoms with Crippen molar-refractivity contribution in [1.82, 2.24) is 14.8 Å². The van der Waals surface area contributed by atoms with Gasteiger partial charge in [-0.15, -0.1) is 16.4 Å². The van der Waals surface area contributed by atoms with Crippen molar-refractivity contribution in [3.63, 3.8) is 0 Å². The van der Waals surface area contributed by atoms with Crippen molar-refractivity contribution in [2.24, 2.45) is 0 Å². The maximum absolute atomic E-state index is 13.7. The van der Waals surface area contributed by atoms with E-state index < -0.39 is 0 Å². The molecule has 0 unspecified atom stereocenters. The number of benzene rings is 2. The van der Waals surface area contributed by atoms with Crippen molar-refractivity contribution in [3.8, 4) is 5.75 Å². The second-order valence-corrected chi connectivity index (χ2v) is 9.04. The maximum atomic E-state index is 13.7. The second-order valence-electron chi connectivity index (χ2n) is 7.29. The van der Waals surface area contributed by atoms with Gasteiger partial charge < -0.3 is 10.1 Å². The van der Waals surface area contributed by atoms with Gasteiger partial charge in [0.2, 0.25) is 11.1 Å². The summed E-state index contributed by atoms with van der Waals surface area (Å²) < 4.78 is 22.1. The molecule has 4 heterocycles. The van der Waals surface area contributed by atoms with E-state index in [1.54, 1.807) is 23.5 Å². The second kappa shape index (κ2) is 7.25. The molecule has 2 aromatic carbocycles. The Kier molecular flexibility index (Phi) is 4.36. The highest BCUT2D eigenvalue weighted by atomic mass is 32.2. The zero-order valence-corrected chi connectivity index (χ0v) is 18.1. The Bertz CT molecular complexity index is 1300. The summed E-state index contributed by atoms with van der Waals surface area (Å²) in [7, 11) is 0. The van der Waals surface area contributed by atoms with Gasteiger partial charge in [0.1, 0.15) is 23.7 Å². The number of anilines is 1. The first-order valence-electron chi connectivity index (χ1n) is 9.79. The van der Waals surface area contributed by atoms with Crippen LogP contribution in [0.1, 0.15) is 28.1 Å². The van der Waals surface area contributed by atoms with E-state index in [9.17, 15) is 4.39 Å². The molecular weight excluding hydrogens is 431 g/mol. The van der Waals surface area contributed by atoms with E-state index in [2.05, 4.69) is 21.7 Å². The molecule has 0 radical (unpaired) electrons. The number of hydrogen-bond donors (Lipinski definition) is 1. The van der Waals surface area contributed by atoms with Gasteiger partial charge in [-0.3, -0.25) is 0 Å². The number of rotatable bonds is 3. The van der Waals surface area contributed by atoms with Gasteiger partial charge in [-0.05, 0) is 47.5 Å². The van der Waals surface area contributed by atoms with E-state index in [4.69, 9.17) is 9.84 Å². The van der Waals surface area contributed by atoms with Crippen molar-refractivity contribution in [2.75, 3.05) is 11.6 Å². The summed E-state index contributed by atoms with van der Waals surface area (Å²) in [4.78, 5) is 5.83. The number of nitrogens with one attached hydrogen (secondary N) is 1. The number of aromatic nitrogens is 3. The van der Waals surface area contributed by atoms with E-state index in [0.717, 1.165) is 33.0 Å². The number of thiophene rings is 1. The molecule has 6 rings (SSSR count). The lowest BCUT2D eigenvalue weighted by molar-refractivity contribution is 0.223. The summed E-state index contributed by atoms with van der Waals surface area (Å²) in [6, 6.07) is 18.5. The number of halogens is 1. The molecule has 0 bridgehead atoms. The minimum atomic E-state index is -0.389. The topological polar surface area (TPSA) is 52.0 Å². The van der Waals surface area contributed by atoms with Crippen molar-refractivity contribution >= 4 is 34.7 Å². The highest BCUT2D eigenvalue weighted by Crippen LogP contribution is 2.51. The van der Waals surface area contributed by atoms with Crippen LogP contribution in [0.4, 0.5) is 10.3 Å². The molecule has 0 spiro atoms. The SMILES string of the molecule is CSc1nc2n(n1)[C@@H](c1cccs1)C1=C(N2)c2ccccc2O[C@@H]1c1ccc(F)cc1. The third-order valence-corrected chi connectivity index (χ3v) is 6.99. The summed E-state index contributed by atoms with van der Waals surface area (Å²) in [6.45, 7) is 0. The molecule has 0 aliphatic carbocycles. The predicted molar refractivity (Wildman–Crippen MR) is 121 cm³/mol. The summed E-state index contributed by atoms with van der Waals surface area (Å²) in [6.07, 6.45) is 1.58. The molecule has 2 aliphatic rings. The third kappa shape index (κ3) is 2.97. The molecule has 0 fully saturated rings. The van der Waals surface area contributed by atoms with E-state index in [0.29, 0.717) is 11.1 Å². The number of fused-ring (bicyclic) bond motifs is 3. The van der Waals surface area contributed by atoms with Gasteiger partial charge in [-0.1, -0.05) is 42.1 Å². The van der Waals surface area contributed by atoms with Gasteiger partial charge in [-0.2, -0.15) is 4.98 Å². The van der Waals surface area contributed by atoms with Gasteiger partial charge in [0.25, 0.3) is 0 Å². The Labute approximate surface area is 186 Å². The van der Waals surface area contributed by atoms with Crippen molar-refractivity contribution in [3.05, 3.63) is 93.4 Å². The Balaban J connectivity index is 1.62. The van der Waals surface area contributed by atoms with Crippen molar-refractivity contribution in [2.45, 2.75) is 17.3 Å². The number of thioether (sulfide) groups is 1. The van der Waals surface area contributed by atoms with Gasteiger partial charge >= 0.3 is 0 Å². The fourth-order valence-corrected chi connectivity index (χ4v) is 5.35. The van der Waals surface area contributed by atoms with E-state index >= 15 is 0 Å². The standard InChI is InChI=1S/C23H17FN4OS2/c1-30-23-26-22-25-19-15-5-2-3-6-16(15)29-21(13-8-10-14(24)11-9-13)18(19)20(28(22)27-23)17-7-4-12-31-17/h2-12,20-21H,1H3,(H,25,26,27)/t20-,21+/m0/s1. The van der Waals surface area contributed by atoms with Gasteiger partial charge in [0, 0.05) is 16.0 Å². The quantitative estimate of drug-likeness (QED) is 0.404. The lowest BCUT2D eigenvalue weighted by Crippen LogP contribution is -2.32. The monoisotopic (exact) mass is 448 g/mol. The zero-order valence-electron chi connectivity index (χ0n) is 16.4. The molecule has 5 nitrogen and oxygen atoms in total. The Morgan fingerprint density at radius 1 is 1.10 bits per heavy atom. The number of hydrogen-bond acceptors (Lipinski definition) is 6. The number of nitrogens with zero attached hydrogens (tertiary/aromatic N) is 3. The molecule has 1 N–H and O–H groups in total. The van der Waals surface area contributed by atoms with E-state index in [1.807, 2.05) is 41.3 Å². The van der Waals surface area contributed by atoms with Gasteiger partial charge in [-0.25, -0.2) is 9.07 Å². The van der Waals surface area contributed by atoms with Gasteiger partial charge in [0.05, 0.1) is 5.70 Å². The summed E-state index contributed by atoms with van der Waals surface area (Å²) in [5.74, 6) is 1.22. The zero-order chi connectivity index (χ0) is 20.9. The summed E-state index contributed by atoms with van der Waals surface area (Å²) in [5.41, 5.74) is 3.89. The van der Waals surface area contributed by atoms with Gasteiger partial charge in [0.15, 0.2) is 0 Å².